The van der Waals surface area contributed by atoms with Crippen LogP contribution < -0.4 is 15.2 Å². The van der Waals surface area contributed by atoms with Gasteiger partial charge in [0.05, 0.1) is 12.8 Å². The van der Waals surface area contributed by atoms with E-state index in [1.165, 1.54) is 6.20 Å². The van der Waals surface area contributed by atoms with Gasteiger partial charge in [0.1, 0.15) is 17.1 Å². The van der Waals surface area contributed by atoms with Crippen LogP contribution in [0.4, 0.5) is 5.69 Å². The smallest absolute Gasteiger partial charge is 0.263 e. The maximum Gasteiger partial charge on any atom is 0.263 e. The summed E-state index contributed by atoms with van der Waals surface area (Å²) in [4.78, 5) is 35.3. The summed E-state index contributed by atoms with van der Waals surface area (Å²) in [5, 5.41) is 0. The van der Waals surface area contributed by atoms with Crippen molar-refractivity contribution in [2.75, 3.05) is 31.6 Å². The predicted octanol–water partition coefficient (Wildman–Crippen LogP) is 1.44. The first-order chi connectivity index (χ1) is 12.0. The number of hydrogen-bond donors (Lipinski definition) is 1. The Kier molecular flexibility index (Phi) is 4.74. The molecule has 0 aliphatic carbocycles. The van der Waals surface area contributed by atoms with Gasteiger partial charge in [-0.2, -0.15) is 0 Å². The Morgan fingerprint density at radius 2 is 2.08 bits per heavy atom. The minimum Gasteiger partial charge on any atom is -0.495 e. The van der Waals surface area contributed by atoms with Crippen molar-refractivity contribution in [3.05, 3.63) is 52.2 Å². The van der Waals surface area contributed by atoms with Crippen molar-refractivity contribution in [1.82, 2.24) is 14.9 Å². The number of para-hydroxylation sites is 2. The highest BCUT2D eigenvalue weighted by atomic mass is 16.5. The third-order valence-corrected chi connectivity index (χ3v) is 4.47. The number of benzene rings is 1. The maximum atomic E-state index is 12.7. The normalized spacial score (nSPS) is 17.5. The van der Waals surface area contributed by atoms with Crippen molar-refractivity contribution in [3.8, 4) is 5.75 Å². The van der Waals surface area contributed by atoms with E-state index in [0.29, 0.717) is 25.5 Å². The number of ether oxygens (including phenoxy) is 1. The average Bonchev–Trinajstić information content (AvgIpc) is 2.61. The Balaban J connectivity index is 1.78. The Bertz CT molecular complexity index is 833. The van der Waals surface area contributed by atoms with E-state index in [4.69, 9.17) is 4.74 Å². The van der Waals surface area contributed by atoms with Gasteiger partial charge in [0.2, 0.25) is 0 Å². The van der Waals surface area contributed by atoms with Crippen molar-refractivity contribution in [3.63, 3.8) is 0 Å². The van der Waals surface area contributed by atoms with Gasteiger partial charge in [-0.05, 0) is 26.0 Å². The van der Waals surface area contributed by atoms with E-state index in [2.05, 4.69) is 14.9 Å². The lowest BCUT2D eigenvalue weighted by molar-refractivity contribution is 0.0671. The van der Waals surface area contributed by atoms with Crippen molar-refractivity contribution in [1.29, 1.82) is 0 Å². The van der Waals surface area contributed by atoms with Gasteiger partial charge in [-0.25, -0.2) is 4.98 Å². The topological polar surface area (TPSA) is 78.5 Å². The van der Waals surface area contributed by atoms with Crippen LogP contribution in [-0.2, 0) is 0 Å². The molecule has 7 heteroatoms. The second kappa shape index (κ2) is 6.96. The fourth-order valence-corrected chi connectivity index (χ4v) is 3.16. The van der Waals surface area contributed by atoms with Crippen molar-refractivity contribution >= 4 is 11.6 Å². The molecule has 1 aliphatic heterocycles. The zero-order chi connectivity index (χ0) is 18.0. The molecule has 3 rings (SSSR count). The summed E-state index contributed by atoms with van der Waals surface area (Å²) in [6.07, 6.45) is 1.36. The monoisotopic (exact) mass is 342 g/mol. The second-order valence-corrected chi connectivity index (χ2v) is 6.18. The third-order valence-electron chi connectivity index (χ3n) is 4.47. The minimum atomic E-state index is -0.392. The molecule has 1 aliphatic rings. The van der Waals surface area contributed by atoms with E-state index in [-0.39, 0.29) is 17.5 Å². The average molecular weight is 342 g/mol. The molecule has 0 unspecified atom stereocenters. The van der Waals surface area contributed by atoms with Gasteiger partial charge in [-0.3, -0.25) is 9.59 Å². The molecule has 1 N–H and O–H groups in total. The zero-order valence-corrected chi connectivity index (χ0v) is 14.7. The lowest BCUT2D eigenvalue weighted by Crippen LogP contribution is -2.54. The highest BCUT2D eigenvalue weighted by Gasteiger charge is 2.30. The summed E-state index contributed by atoms with van der Waals surface area (Å²) in [6.45, 7) is 5.54. The summed E-state index contributed by atoms with van der Waals surface area (Å²) < 4.78 is 5.43. The largest absolute Gasteiger partial charge is 0.495 e. The maximum absolute atomic E-state index is 12.7. The number of piperazine rings is 1. The van der Waals surface area contributed by atoms with E-state index >= 15 is 0 Å². The molecule has 1 atom stereocenters. The SMILES string of the molecule is COc1ccccc1N1CCN(C(=O)c2cnc(C)[nH]c2=O)[C@@H](C)C1. The number of nitrogens with one attached hydrogen (secondary N) is 1. The standard InChI is InChI=1S/C18H22N4O3/c1-12-11-21(15-6-4-5-7-16(15)25-3)8-9-22(12)18(24)14-10-19-13(2)20-17(14)23/h4-7,10,12H,8-9,11H2,1-3H3,(H,19,20,23)/t12-/m0/s1. The molecule has 1 amide bonds. The van der Waals surface area contributed by atoms with Crippen LogP contribution in [-0.4, -0.2) is 53.6 Å². The molecule has 2 heterocycles. The number of anilines is 1. The molecule has 2 aromatic rings. The quantitative estimate of drug-likeness (QED) is 0.913. The molecule has 0 bridgehead atoms. The number of aromatic nitrogens is 2. The Morgan fingerprint density at radius 3 is 2.76 bits per heavy atom. The van der Waals surface area contributed by atoms with Gasteiger partial charge in [-0.15, -0.1) is 0 Å². The lowest BCUT2D eigenvalue weighted by Gasteiger charge is -2.41. The molecular weight excluding hydrogens is 320 g/mol. The minimum absolute atomic E-state index is 0.0353. The molecule has 1 aromatic carbocycles. The number of carbonyl (C=O) groups is 1. The molecule has 25 heavy (non-hydrogen) atoms. The van der Waals surface area contributed by atoms with Gasteiger partial charge in [0.15, 0.2) is 0 Å². The predicted molar refractivity (Wildman–Crippen MR) is 95.3 cm³/mol. The molecule has 1 saturated heterocycles. The summed E-state index contributed by atoms with van der Waals surface area (Å²) in [5.41, 5.74) is 0.707. The van der Waals surface area contributed by atoms with Crippen LogP contribution in [0.1, 0.15) is 23.1 Å². The van der Waals surface area contributed by atoms with Gasteiger partial charge in [-0.1, -0.05) is 12.1 Å². The number of H-pyrrole nitrogens is 1. The van der Waals surface area contributed by atoms with Crippen LogP contribution in [0.15, 0.2) is 35.3 Å². The number of aryl methyl sites for hydroxylation is 1. The second-order valence-electron chi connectivity index (χ2n) is 6.18. The first kappa shape index (κ1) is 17.0. The number of carbonyl (C=O) groups excluding carboxylic acids is 1. The van der Waals surface area contributed by atoms with E-state index in [1.54, 1.807) is 18.9 Å². The molecular formula is C18H22N4O3. The van der Waals surface area contributed by atoms with Crippen LogP contribution in [0.2, 0.25) is 0 Å². The zero-order valence-electron chi connectivity index (χ0n) is 14.7. The Morgan fingerprint density at radius 1 is 1.32 bits per heavy atom. The number of rotatable bonds is 3. The summed E-state index contributed by atoms with van der Waals surface area (Å²) >= 11 is 0. The number of aromatic amines is 1. The van der Waals surface area contributed by atoms with Crippen LogP contribution in [0, 0.1) is 6.92 Å². The molecule has 0 radical (unpaired) electrons. The highest BCUT2D eigenvalue weighted by Crippen LogP contribution is 2.29. The van der Waals surface area contributed by atoms with Gasteiger partial charge in [0, 0.05) is 31.9 Å². The van der Waals surface area contributed by atoms with Crippen molar-refractivity contribution in [2.45, 2.75) is 19.9 Å². The van der Waals surface area contributed by atoms with E-state index < -0.39 is 5.56 Å². The van der Waals surface area contributed by atoms with E-state index in [9.17, 15) is 9.59 Å². The summed E-state index contributed by atoms with van der Waals surface area (Å²) in [7, 11) is 1.65. The van der Waals surface area contributed by atoms with Crippen LogP contribution in [0.5, 0.6) is 5.75 Å². The first-order valence-electron chi connectivity index (χ1n) is 8.26. The fourth-order valence-electron chi connectivity index (χ4n) is 3.16. The Labute approximate surface area is 146 Å². The molecule has 7 nitrogen and oxygen atoms in total. The highest BCUT2D eigenvalue weighted by molar-refractivity contribution is 5.94. The summed E-state index contributed by atoms with van der Waals surface area (Å²) in [6, 6.07) is 7.80. The first-order valence-corrected chi connectivity index (χ1v) is 8.26. The van der Waals surface area contributed by atoms with Crippen molar-refractivity contribution in [2.24, 2.45) is 0 Å². The molecule has 1 fully saturated rings. The van der Waals surface area contributed by atoms with Gasteiger partial charge in [0.25, 0.3) is 11.5 Å². The number of methoxy groups -OCH3 is 1. The third kappa shape index (κ3) is 3.35. The molecule has 1 aromatic heterocycles. The van der Waals surface area contributed by atoms with Crippen LogP contribution >= 0.6 is 0 Å². The number of amides is 1. The van der Waals surface area contributed by atoms with Crippen LogP contribution in [0.25, 0.3) is 0 Å². The van der Waals surface area contributed by atoms with Crippen molar-refractivity contribution < 1.29 is 9.53 Å². The van der Waals surface area contributed by atoms with Crippen LogP contribution in [0.3, 0.4) is 0 Å². The van der Waals surface area contributed by atoms with E-state index in [1.807, 2.05) is 31.2 Å². The summed E-state index contributed by atoms with van der Waals surface area (Å²) in [5.74, 6) is 1.03. The Hall–Kier alpha value is -2.83. The van der Waals surface area contributed by atoms with Gasteiger partial charge < -0.3 is 19.5 Å². The fraction of sp³-hybridized carbons (Fsp3) is 0.389. The lowest BCUT2D eigenvalue weighted by atomic mass is 10.1. The number of hydrogen-bond acceptors (Lipinski definition) is 5. The van der Waals surface area contributed by atoms with E-state index in [0.717, 1.165) is 11.4 Å². The van der Waals surface area contributed by atoms with Gasteiger partial charge >= 0.3 is 0 Å². The molecule has 0 spiro atoms. The number of nitrogens with zero attached hydrogens (tertiary/aromatic N) is 3. The molecule has 132 valence electrons. The molecule has 0 saturated carbocycles.